The smallest absolute Gasteiger partial charge is 0.216 e. The van der Waals surface area contributed by atoms with Crippen molar-refractivity contribution in [3.05, 3.63) is 30.6 Å². The summed E-state index contributed by atoms with van der Waals surface area (Å²) in [5.74, 6) is 0.00463. The van der Waals surface area contributed by atoms with E-state index in [1.54, 1.807) is 33.7 Å². The summed E-state index contributed by atoms with van der Waals surface area (Å²) in [5.41, 5.74) is 0. The number of amides is 1. The molecule has 4 nitrogen and oxygen atoms in total. The van der Waals surface area contributed by atoms with Crippen molar-refractivity contribution in [2.75, 3.05) is 21.3 Å². The zero-order valence-electron chi connectivity index (χ0n) is 9.15. The number of hydrogen-bond donors (Lipinski definition) is 1. The van der Waals surface area contributed by atoms with Crippen LogP contribution in [-0.4, -0.2) is 32.2 Å². The Bertz CT molecular complexity index is 176. The maximum absolute atomic E-state index is 9.70. The number of rotatable bonds is 0. The molecule has 1 N–H and O–H groups in total. The van der Waals surface area contributed by atoms with Crippen LogP contribution in [0.15, 0.2) is 30.6 Å². The van der Waals surface area contributed by atoms with Gasteiger partial charge >= 0.3 is 0 Å². The van der Waals surface area contributed by atoms with Gasteiger partial charge in [-0.2, -0.15) is 0 Å². The number of nitrogens with one attached hydrogen (secondary N) is 1. The molecule has 1 amide bonds. The fourth-order valence-electron chi connectivity index (χ4n) is 0.313. The van der Waals surface area contributed by atoms with E-state index in [1.165, 1.54) is 6.92 Å². The van der Waals surface area contributed by atoms with Crippen LogP contribution in [0.4, 0.5) is 0 Å². The Balaban J connectivity index is 0. The first-order valence-electron chi connectivity index (χ1n) is 4.12. The lowest BCUT2D eigenvalue weighted by Crippen LogP contribution is -2.11. The van der Waals surface area contributed by atoms with Gasteiger partial charge in [0.15, 0.2) is 0 Å². The Morgan fingerprint density at radius 1 is 1.21 bits per heavy atom. The predicted molar refractivity (Wildman–Crippen MR) is 56.9 cm³/mol. The number of carbonyl (C=O) groups excluding carboxylic acids is 1. The van der Waals surface area contributed by atoms with Crippen LogP contribution in [0.1, 0.15) is 6.92 Å². The normalized spacial score (nSPS) is 7.14. The molecule has 0 spiro atoms. The molecule has 0 saturated heterocycles. The lowest BCUT2D eigenvalue weighted by Gasteiger charge is -1.80. The summed E-state index contributed by atoms with van der Waals surface area (Å²) >= 11 is 0. The van der Waals surface area contributed by atoms with Crippen molar-refractivity contribution in [1.29, 1.82) is 0 Å². The maximum Gasteiger partial charge on any atom is 0.216 e. The number of nitrogens with zero attached hydrogens (tertiary/aromatic N) is 1. The second kappa shape index (κ2) is 14.1. The van der Waals surface area contributed by atoms with Gasteiger partial charge in [-0.05, 0) is 12.1 Å². The fraction of sp³-hybridized carbons (Fsp3) is 0.400. The van der Waals surface area contributed by atoms with Gasteiger partial charge in [0.2, 0.25) is 5.91 Å². The van der Waals surface area contributed by atoms with Crippen molar-refractivity contribution >= 4 is 5.91 Å². The summed E-state index contributed by atoms with van der Waals surface area (Å²) in [5, 5.41) is 2.39. The minimum Gasteiger partial charge on any atom is -0.388 e. The van der Waals surface area contributed by atoms with E-state index in [-0.39, 0.29) is 5.91 Å². The Hall–Kier alpha value is -1.42. The SMILES string of the molecule is CNC(C)=O.COC.c1ccncc1. The summed E-state index contributed by atoms with van der Waals surface area (Å²) in [6.45, 7) is 1.47. The summed E-state index contributed by atoms with van der Waals surface area (Å²) in [6, 6.07) is 5.72. The van der Waals surface area contributed by atoms with E-state index in [1.807, 2.05) is 18.2 Å². The third kappa shape index (κ3) is 22.4. The average Bonchev–Trinajstić information content (AvgIpc) is 2.22. The van der Waals surface area contributed by atoms with Crippen molar-refractivity contribution in [2.24, 2.45) is 0 Å². The lowest BCUT2D eigenvalue weighted by atomic mass is 10.5. The van der Waals surface area contributed by atoms with Crippen LogP contribution in [0.25, 0.3) is 0 Å². The van der Waals surface area contributed by atoms with Crippen LogP contribution < -0.4 is 5.32 Å². The number of aromatic nitrogens is 1. The monoisotopic (exact) mass is 198 g/mol. The molecule has 0 bridgehead atoms. The third-order valence-electron chi connectivity index (χ3n) is 0.919. The highest BCUT2D eigenvalue weighted by Gasteiger charge is 1.72. The van der Waals surface area contributed by atoms with E-state index in [9.17, 15) is 4.79 Å². The first kappa shape index (κ1) is 15.1. The highest BCUT2D eigenvalue weighted by atomic mass is 16.4. The molecule has 1 aromatic heterocycles. The molecule has 1 aromatic rings. The van der Waals surface area contributed by atoms with Crippen molar-refractivity contribution < 1.29 is 9.53 Å². The second-order valence-electron chi connectivity index (χ2n) is 2.24. The van der Waals surface area contributed by atoms with Gasteiger partial charge in [-0.15, -0.1) is 0 Å². The van der Waals surface area contributed by atoms with Crippen molar-refractivity contribution in [3.63, 3.8) is 0 Å². The number of pyridine rings is 1. The number of hydrogen-bond acceptors (Lipinski definition) is 3. The minimum atomic E-state index is 0.00463. The largest absolute Gasteiger partial charge is 0.388 e. The van der Waals surface area contributed by atoms with Crippen LogP contribution in [0.5, 0.6) is 0 Å². The molecule has 1 heterocycles. The highest BCUT2D eigenvalue weighted by Crippen LogP contribution is 1.73. The number of carbonyl (C=O) groups is 1. The van der Waals surface area contributed by atoms with Crippen LogP contribution in [0, 0.1) is 0 Å². The second-order valence-corrected chi connectivity index (χ2v) is 2.24. The minimum absolute atomic E-state index is 0.00463. The van der Waals surface area contributed by atoms with Gasteiger partial charge in [0.05, 0.1) is 0 Å². The van der Waals surface area contributed by atoms with Gasteiger partial charge in [0.1, 0.15) is 0 Å². The molecule has 0 radical (unpaired) electrons. The number of methoxy groups -OCH3 is 1. The Morgan fingerprint density at radius 2 is 1.57 bits per heavy atom. The molecule has 0 aliphatic carbocycles. The Labute approximate surface area is 85.3 Å². The van der Waals surface area contributed by atoms with Crippen LogP contribution in [0.3, 0.4) is 0 Å². The zero-order chi connectivity index (χ0) is 11.2. The molecule has 1 rings (SSSR count). The third-order valence-corrected chi connectivity index (χ3v) is 0.919. The summed E-state index contributed by atoms with van der Waals surface area (Å²) in [7, 11) is 4.85. The molecule has 0 aliphatic rings. The van der Waals surface area contributed by atoms with Gasteiger partial charge in [-0.1, -0.05) is 6.07 Å². The molecule has 0 fully saturated rings. The molecule has 0 aliphatic heterocycles. The molecule has 0 aromatic carbocycles. The first-order valence-corrected chi connectivity index (χ1v) is 4.12. The summed E-state index contributed by atoms with van der Waals surface area (Å²) < 4.78 is 4.25. The van der Waals surface area contributed by atoms with E-state index < -0.39 is 0 Å². The van der Waals surface area contributed by atoms with Crippen LogP contribution >= 0.6 is 0 Å². The van der Waals surface area contributed by atoms with E-state index in [2.05, 4.69) is 15.0 Å². The fourth-order valence-corrected chi connectivity index (χ4v) is 0.313. The van der Waals surface area contributed by atoms with Gasteiger partial charge < -0.3 is 10.1 Å². The standard InChI is InChI=1S/C5H5N.C3H7NO.C2H6O/c1-2-4-6-5-3-1;1-3(5)4-2;1-3-2/h1-5H;1-2H3,(H,4,5);1-2H3. The highest BCUT2D eigenvalue weighted by molar-refractivity contribution is 5.72. The average molecular weight is 198 g/mol. The molecule has 0 unspecified atom stereocenters. The van der Waals surface area contributed by atoms with Crippen LogP contribution in [-0.2, 0) is 9.53 Å². The van der Waals surface area contributed by atoms with Gasteiger partial charge in [0, 0.05) is 40.6 Å². The van der Waals surface area contributed by atoms with Gasteiger partial charge in [0.25, 0.3) is 0 Å². The van der Waals surface area contributed by atoms with Gasteiger partial charge in [-0.3, -0.25) is 9.78 Å². The topological polar surface area (TPSA) is 51.2 Å². The quantitative estimate of drug-likeness (QED) is 0.679. The molecule has 14 heavy (non-hydrogen) atoms. The summed E-state index contributed by atoms with van der Waals surface area (Å²) in [4.78, 5) is 13.5. The molecular weight excluding hydrogens is 180 g/mol. The van der Waals surface area contributed by atoms with E-state index in [4.69, 9.17) is 0 Å². The first-order chi connectivity index (χ1) is 6.68. The molecule has 0 atom stereocenters. The van der Waals surface area contributed by atoms with E-state index >= 15 is 0 Å². The van der Waals surface area contributed by atoms with Crippen molar-refractivity contribution in [1.82, 2.24) is 10.3 Å². The van der Waals surface area contributed by atoms with Crippen molar-refractivity contribution in [2.45, 2.75) is 6.92 Å². The molecule has 80 valence electrons. The van der Waals surface area contributed by atoms with E-state index in [0.717, 1.165) is 0 Å². The molecule has 0 saturated carbocycles. The molecule has 4 heteroatoms. The Morgan fingerprint density at radius 3 is 1.64 bits per heavy atom. The van der Waals surface area contributed by atoms with Gasteiger partial charge in [-0.25, -0.2) is 0 Å². The van der Waals surface area contributed by atoms with Crippen LogP contribution in [0.2, 0.25) is 0 Å². The molecular formula is C10H18N2O2. The van der Waals surface area contributed by atoms with Crippen molar-refractivity contribution in [3.8, 4) is 0 Å². The predicted octanol–water partition coefficient (Wildman–Crippen LogP) is 1.10. The zero-order valence-corrected chi connectivity index (χ0v) is 9.15. The number of ether oxygens (including phenoxy) is 1. The Kier molecular flexibility index (Phi) is 15.2. The summed E-state index contributed by atoms with van der Waals surface area (Å²) in [6.07, 6.45) is 3.50. The maximum atomic E-state index is 9.70. The lowest BCUT2D eigenvalue weighted by molar-refractivity contribution is -0.118. The van der Waals surface area contributed by atoms with E-state index in [0.29, 0.717) is 0 Å².